The highest BCUT2D eigenvalue weighted by Gasteiger charge is 2.12. The third-order valence-corrected chi connectivity index (χ3v) is 4.56. The average molecular weight is 347 g/mol. The molecule has 0 bridgehead atoms. The quantitative estimate of drug-likeness (QED) is 0.536. The van der Waals surface area contributed by atoms with Crippen LogP contribution in [0.5, 0.6) is 0 Å². The van der Waals surface area contributed by atoms with Crippen LogP contribution in [0.2, 0.25) is 5.02 Å². The second-order valence-electron chi connectivity index (χ2n) is 5.81. The molecule has 0 aliphatic rings. The number of hydrogen-bond acceptors (Lipinski definition) is 2. The third-order valence-electron chi connectivity index (χ3n) is 4.19. The summed E-state index contributed by atoms with van der Waals surface area (Å²) in [6.45, 7) is 0.336. The maximum absolute atomic E-state index is 12.9. The molecule has 0 saturated carbocycles. The van der Waals surface area contributed by atoms with Crippen molar-refractivity contribution in [2.75, 3.05) is 0 Å². The predicted molar refractivity (Wildman–Crippen MR) is 102 cm³/mol. The average Bonchev–Trinajstić information content (AvgIpc) is 2.66. The summed E-state index contributed by atoms with van der Waals surface area (Å²) in [5, 5.41) is 6.79. The second-order valence-corrected chi connectivity index (χ2v) is 6.22. The van der Waals surface area contributed by atoms with E-state index in [2.05, 4.69) is 5.10 Å². The van der Waals surface area contributed by atoms with E-state index < -0.39 is 0 Å². The highest BCUT2D eigenvalue weighted by Crippen LogP contribution is 2.24. The van der Waals surface area contributed by atoms with E-state index in [1.807, 2.05) is 78.9 Å². The van der Waals surface area contributed by atoms with Crippen molar-refractivity contribution >= 4 is 22.4 Å². The minimum Gasteiger partial charge on any atom is -0.267 e. The van der Waals surface area contributed by atoms with E-state index in [0.29, 0.717) is 17.0 Å². The van der Waals surface area contributed by atoms with Gasteiger partial charge in [0.1, 0.15) is 0 Å². The van der Waals surface area contributed by atoms with Crippen molar-refractivity contribution in [1.82, 2.24) is 9.78 Å². The fourth-order valence-electron chi connectivity index (χ4n) is 2.94. The Morgan fingerprint density at radius 1 is 0.800 bits per heavy atom. The van der Waals surface area contributed by atoms with Gasteiger partial charge in [-0.2, -0.15) is 5.10 Å². The van der Waals surface area contributed by atoms with Crippen LogP contribution in [0.4, 0.5) is 0 Å². The lowest BCUT2D eigenvalue weighted by atomic mass is 10.1. The van der Waals surface area contributed by atoms with E-state index in [0.717, 1.165) is 22.2 Å². The Kier molecular flexibility index (Phi) is 4.08. The van der Waals surface area contributed by atoms with Gasteiger partial charge in [0.25, 0.3) is 5.56 Å². The van der Waals surface area contributed by atoms with E-state index in [4.69, 9.17) is 11.6 Å². The van der Waals surface area contributed by atoms with Gasteiger partial charge in [0, 0.05) is 16.0 Å². The Balaban J connectivity index is 1.95. The van der Waals surface area contributed by atoms with Crippen LogP contribution in [0, 0.1) is 0 Å². The number of hydrogen-bond donors (Lipinski definition) is 0. The van der Waals surface area contributed by atoms with E-state index in [-0.39, 0.29) is 5.56 Å². The SMILES string of the molecule is O=c1c2ccccc2c(-c2ccccc2)nn1Cc1ccccc1Cl. The summed E-state index contributed by atoms with van der Waals surface area (Å²) in [4.78, 5) is 12.9. The molecule has 3 aromatic carbocycles. The lowest BCUT2D eigenvalue weighted by Crippen LogP contribution is -2.24. The molecule has 3 nitrogen and oxygen atoms in total. The normalized spacial score (nSPS) is 10.9. The molecule has 0 aliphatic carbocycles. The molecule has 0 aliphatic heterocycles. The van der Waals surface area contributed by atoms with Gasteiger partial charge >= 0.3 is 0 Å². The lowest BCUT2D eigenvalue weighted by molar-refractivity contribution is 0.651. The maximum Gasteiger partial charge on any atom is 0.274 e. The second kappa shape index (κ2) is 6.54. The van der Waals surface area contributed by atoms with Gasteiger partial charge in [-0.1, -0.05) is 78.3 Å². The van der Waals surface area contributed by atoms with Gasteiger partial charge in [0.15, 0.2) is 0 Å². The molecule has 25 heavy (non-hydrogen) atoms. The third kappa shape index (κ3) is 2.94. The highest BCUT2D eigenvalue weighted by atomic mass is 35.5. The number of benzene rings is 3. The van der Waals surface area contributed by atoms with Crippen LogP contribution < -0.4 is 5.56 Å². The zero-order valence-electron chi connectivity index (χ0n) is 13.4. The van der Waals surface area contributed by atoms with Crippen LogP contribution in [0.15, 0.2) is 83.7 Å². The topological polar surface area (TPSA) is 34.9 Å². The van der Waals surface area contributed by atoms with Crippen molar-refractivity contribution in [3.05, 3.63) is 99.8 Å². The molecule has 1 aromatic heterocycles. The predicted octanol–water partition coefficient (Wildman–Crippen LogP) is 4.77. The Morgan fingerprint density at radius 3 is 2.20 bits per heavy atom. The molecule has 0 amide bonds. The summed E-state index contributed by atoms with van der Waals surface area (Å²) < 4.78 is 1.49. The lowest BCUT2D eigenvalue weighted by Gasteiger charge is -2.12. The van der Waals surface area contributed by atoms with Gasteiger partial charge in [-0.3, -0.25) is 4.79 Å². The summed E-state index contributed by atoms with van der Waals surface area (Å²) in [6, 6.07) is 25.0. The summed E-state index contributed by atoms with van der Waals surface area (Å²) in [5.74, 6) is 0. The Hall–Kier alpha value is -2.91. The molecule has 0 spiro atoms. The summed E-state index contributed by atoms with van der Waals surface area (Å²) in [5.41, 5.74) is 2.53. The molecule has 0 saturated heterocycles. The first-order valence-electron chi connectivity index (χ1n) is 8.03. The number of halogens is 1. The summed E-state index contributed by atoms with van der Waals surface area (Å²) >= 11 is 6.26. The van der Waals surface area contributed by atoms with Gasteiger partial charge < -0.3 is 0 Å². The number of nitrogens with zero attached hydrogens (tertiary/aromatic N) is 2. The zero-order valence-corrected chi connectivity index (χ0v) is 14.1. The highest BCUT2D eigenvalue weighted by molar-refractivity contribution is 6.31. The molecule has 0 atom stereocenters. The molecule has 4 heteroatoms. The van der Waals surface area contributed by atoms with Gasteiger partial charge in [0.05, 0.1) is 17.6 Å². The first-order chi connectivity index (χ1) is 12.2. The monoisotopic (exact) mass is 346 g/mol. The van der Waals surface area contributed by atoms with Crippen molar-refractivity contribution in [2.24, 2.45) is 0 Å². The first-order valence-corrected chi connectivity index (χ1v) is 8.40. The molecule has 0 unspecified atom stereocenters. The number of aromatic nitrogens is 2. The first kappa shape index (κ1) is 15.6. The Bertz CT molecular complexity index is 1100. The van der Waals surface area contributed by atoms with Crippen molar-refractivity contribution in [2.45, 2.75) is 6.54 Å². The van der Waals surface area contributed by atoms with Crippen LogP contribution in [-0.2, 0) is 6.54 Å². The fraction of sp³-hybridized carbons (Fsp3) is 0.0476. The zero-order chi connectivity index (χ0) is 17.2. The van der Waals surface area contributed by atoms with Crippen LogP contribution >= 0.6 is 11.6 Å². The van der Waals surface area contributed by atoms with Crippen molar-refractivity contribution in [1.29, 1.82) is 0 Å². The van der Waals surface area contributed by atoms with Gasteiger partial charge in [-0.25, -0.2) is 4.68 Å². The summed E-state index contributed by atoms with van der Waals surface area (Å²) in [7, 11) is 0. The minimum atomic E-state index is -0.116. The Morgan fingerprint density at radius 2 is 1.44 bits per heavy atom. The van der Waals surface area contributed by atoms with Crippen molar-refractivity contribution in [3.8, 4) is 11.3 Å². The van der Waals surface area contributed by atoms with E-state index in [1.165, 1.54) is 4.68 Å². The molecule has 122 valence electrons. The molecule has 4 rings (SSSR count). The standard InChI is InChI=1S/C21H15ClN2O/c22-19-13-7-4-10-16(19)14-24-21(25)18-12-6-5-11-17(18)20(23-24)15-8-2-1-3-9-15/h1-13H,14H2. The molecule has 0 radical (unpaired) electrons. The largest absolute Gasteiger partial charge is 0.274 e. The van der Waals surface area contributed by atoms with Crippen LogP contribution in [0.1, 0.15) is 5.56 Å². The van der Waals surface area contributed by atoms with E-state index in [9.17, 15) is 4.79 Å². The van der Waals surface area contributed by atoms with Crippen LogP contribution in [-0.4, -0.2) is 9.78 Å². The molecule has 0 N–H and O–H groups in total. The molecular weight excluding hydrogens is 332 g/mol. The van der Waals surface area contributed by atoms with Crippen LogP contribution in [0.25, 0.3) is 22.0 Å². The number of fused-ring (bicyclic) bond motifs is 1. The number of rotatable bonds is 3. The van der Waals surface area contributed by atoms with Gasteiger partial charge in [-0.15, -0.1) is 0 Å². The van der Waals surface area contributed by atoms with Crippen molar-refractivity contribution < 1.29 is 0 Å². The van der Waals surface area contributed by atoms with E-state index in [1.54, 1.807) is 0 Å². The van der Waals surface area contributed by atoms with Gasteiger partial charge in [-0.05, 0) is 17.7 Å². The fourth-order valence-corrected chi connectivity index (χ4v) is 3.14. The maximum atomic E-state index is 12.9. The van der Waals surface area contributed by atoms with Gasteiger partial charge in [0.2, 0.25) is 0 Å². The van der Waals surface area contributed by atoms with E-state index >= 15 is 0 Å². The molecule has 4 aromatic rings. The van der Waals surface area contributed by atoms with Crippen LogP contribution in [0.3, 0.4) is 0 Å². The minimum absolute atomic E-state index is 0.116. The Labute approximate surface area is 150 Å². The molecule has 0 fully saturated rings. The smallest absolute Gasteiger partial charge is 0.267 e. The summed E-state index contributed by atoms with van der Waals surface area (Å²) in [6.07, 6.45) is 0. The molecular formula is C21H15ClN2O. The van der Waals surface area contributed by atoms with Crippen molar-refractivity contribution in [3.63, 3.8) is 0 Å². The molecule has 1 heterocycles.